The number of phenols is 1. The number of hydrogen-bond acceptors (Lipinski definition) is 3. The highest BCUT2D eigenvalue weighted by Gasteiger charge is 1.98. The monoisotopic (exact) mass is 196 g/mol. The summed E-state index contributed by atoms with van der Waals surface area (Å²) in [5, 5.41) is 17.4. The van der Waals surface area contributed by atoms with Gasteiger partial charge in [0.25, 0.3) is 0 Å². The Morgan fingerprint density at radius 2 is 2.21 bits per heavy atom. The first-order valence-electron chi connectivity index (χ1n) is 4.26. The Morgan fingerprint density at radius 1 is 1.43 bits per heavy atom. The standard InChI is InChI=1S/C10H12O4/c11-9-3-1-2-8(6-9)7-14-5-4-10(12)13/h1-3,6,11H,4-5,7H2,(H,12,13). The Kier molecular flexibility index (Phi) is 3.94. The second kappa shape index (κ2) is 5.24. The van der Waals surface area contributed by atoms with E-state index in [0.717, 1.165) is 5.56 Å². The van der Waals surface area contributed by atoms with Crippen molar-refractivity contribution in [1.29, 1.82) is 0 Å². The Balaban J connectivity index is 2.28. The lowest BCUT2D eigenvalue weighted by molar-refractivity contribution is -0.138. The zero-order valence-corrected chi connectivity index (χ0v) is 7.64. The average Bonchev–Trinajstić information content (AvgIpc) is 2.12. The fourth-order valence-corrected chi connectivity index (χ4v) is 0.996. The third kappa shape index (κ3) is 3.91. The molecule has 76 valence electrons. The topological polar surface area (TPSA) is 66.8 Å². The van der Waals surface area contributed by atoms with Crippen molar-refractivity contribution in [3.05, 3.63) is 29.8 Å². The van der Waals surface area contributed by atoms with Crippen molar-refractivity contribution in [2.75, 3.05) is 6.61 Å². The molecule has 0 fully saturated rings. The highest BCUT2D eigenvalue weighted by molar-refractivity contribution is 5.66. The van der Waals surface area contributed by atoms with Crippen LogP contribution in [0.2, 0.25) is 0 Å². The lowest BCUT2D eigenvalue weighted by Crippen LogP contribution is -2.02. The molecule has 0 bridgehead atoms. The molecule has 0 saturated carbocycles. The summed E-state index contributed by atoms with van der Waals surface area (Å²) in [5.74, 6) is -0.690. The third-order valence-corrected chi connectivity index (χ3v) is 1.64. The third-order valence-electron chi connectivity index (χ3n) is 1.64. The second-order valence-corrected chi connectivity index (χ2v) is 2.87. The van der Waals surface area contributed by atoms with Crippen LogP contribution >= 0.6 is 0 Å². The van der Waals surface area contributed by atoms with Gasteiger partial charge < -0.3 is 14.9 Å². The van der Waals surface area contributed by atoms with Gasteiger partial charge in [0.1, 0.15) is 5.75 Å². The van der Waals surface area contributed by atoms with Crippen molar-refractivity contribution < 1.29 is 19.7 Å². The number of benzene rings is 1. The molecule has 0 heterocycles. The van der Waals surface area contributed by atoms with Crippen LogP contribution in [0.5, 0.6) is 5.75 Å². The zero-order valence-electron chi connectivity index (χ0n) is 7.64. The van der Waals surface area contributed by atoms with Crippen molar-refractivity contribution in [2.45, 2.75) is 13.0 Å². The van der Waals surface area contributed by atoms with Crippen LogP contribution in [0.25, 0.3) is 0 Å². The molecule has 0 amide bonds. The van der Waals surface area contributed by atoms with Crippen LogP contribution in [-0.2, 0) is 16.1 Å². The van der Waals surface area contributed by atoms with Gasteiger partial charge in [-0.2, -0.15) is 0 Å². The SMILES string of the molecule is O=C(O)CCOCc1cccc(O)c1. The number of carbonyl (C=O) groups is 1. The fourth-order valence-electron chi connectivity index (χ4n) is 0.996. The number of hydrogen-bond donors (Lipinski definition) is 2. The maximum Gasteiger partial charge on any atom is 0.305 e. The maximum absolute atomic E-state index is 10.1. The number of carboxylic acids is 1. The maximum atomic E-state index is 10.1. The molecule has 4 heteroatoms. The lowest BCUT2D eigenvalue weighted by atomic mass is 10.2. The van der Waals surface area contributed by atoms with Crippen molar-refractivity contribution in [1.82, 2.24) is 0 Å². The fraction of sp³-hybridized carbons (Fsp3) is 0.300. The predicted molar refractivity (Wildman–Crippen MR) is 50.0 cm³/mol. The number of phenolic OH excluding ortho intramolecular Hbond substituents is 1. The molecule has 2 N–H and O–H groups in total. The van der Waals surface area contributed by atoms with Gasteiger partial charge in [-0.25, -0.2) is 0 Å². The lowest BCUT2D eigenvalue weighted by Gasteiger charge is -2.02. The van der Waals surface area contributed by atoms with Gasteiger partial charge in [0.05, 0.1) is 19.6 Å². The molecule has 0 aliphatic carbocycles. The van der Waals surface area contributed by atoms with Gasteiger partial charge in [-0.15, -0.1) is 0 Å². The Morgan fingerprint density at radius 3 is 2.86 bits per heavy atom. The predicted octanol–water partition coefficient (Wildman–Crippen LogP) is 1.38. The first kappa shape index (κ1) is 10.5. The van der Waals surface area contributed by atoms with Crippen LogP contribution in [0, 0.1) is 0 Å². The van der Waals surface area contributed by atoms with Crippen molar-refractivity contribution in [2.24, 2.45) is 0 Å². The number of carboxylic acid groups (broad SMARTS) is 1. The largest absolute Gasteiger partial charge is 0.508 e. The van der Waals surface area contributed by atoms with E-state index in [4.69, 9.17) is 14.9 Å². The van der Waals surface area contributed by atoms with Gasteiger partial charge in [-0.05, 0) is 17.7 Å². The summed E-state index contributed by atoms with van der Waals surface area (Å²) < 4.78 is 5.09. The van der Waals surface area contributed by atoms with Crippen LogP contribution in [0.4, 0.5) is 0 Å². The first-order valence-corrected chi connectivity index (χ1v) is 4.26. The molecule has 1 aromatic carbocycles. The van der Waals surface area contributed by atoms with Gasteiger partial charge in [0.15, 0.2) is 0 Å². The molecule has 0 spiro atoms. The number of aromatic hydroxyl groups is 1. The molecule has 1 rings (SSSR count). The minimum Gasteiger partial charge on any atom is -0.508 e. The summed E-state index contributed by atoms with van der Waals surface area (Å²) in [6.45, 7) is 0.507. The van der Waals surface area contributed by atoms with E-state index in [9.17, 15) is 4.79 Å². The smallest absolute Gasteiger partial charge is 0.305 e. The Labute approximate surface area is 81.8 Å². The van der Waals surface area contributed by atoms with Crippen molar-refractivity contribution in [3.63, 3.8) is 0 Å². The van der Waals surface area contributed by atoms with Crippen LogP contribution in [0.1, 0.15) is 12.0 Å². The van der Waals surface area contributed by atoms with E-state index in [2.05, 4.69) is 0 Å². The van der Waals surface area contributed by atoms with E-state index >= 15 is 0 Å². The molecular weight excluding hydrogens is 184 g/mol. The molecule has 0 aliphatic heterocycles. The molecule has 0 aliphatic rings. The minimum atomic E-state index is -0.874. The van der Waals surface area contributed by atoms with Crippen LogP contribution in [-0.4, -0.2) is 22.8 Å². The average molecular weight is 196 g/mol. The van der Waals surface area contributed by atoms with Crippen LogP contribution in [0.3, 0.4) is 0 Å². The molecule has 0 radical (unpaired) electrons. The molecule has 4 nitrogen and oxygen atoms in total. The van der Waals surface area contributed by atoms with Gasteiger partial charge in [0.2, 0.25) is 0 Å². The quantitative estimate of drug-likeness (QED) is 0.698. The van der Waals surface area contributed by atoms with Gasteiger partial charge in [0, 0.05) is 0 Å². The summed E-state index contributed by atoms with van der Waals surface area (Å²) in [6.07, 6.45) is -0.00117. The summed E-state index contributed by atoms with van der Waals surface area (Å²) >= 11 is 0. The van der Waals surface area contributed by atoms with Gasteiger partial charge in [-0.1, -0.05) is 12.1 Å². The van der Waals surface area contributed by atoms with E-state index in [1.165, 1.54) is 0 Å². The molecule has 1 aromatic rings. The summed E-state index contributed by atoms with van der Waals surface area (Å²) in [6, 6.07) is 6.67. The second-order valence-electron chi connectivity index (χ2n) is 2.87. The minimum absolute atomic E-state index is 0.00117. The number of aliphatic carboxylic acids is 1. The highest BCUT2D eigenvalue weighted by Crippen LogP contribution is 2.11. The van der Waals surface area contributed by atoms with E-state index in [0.29, 0.717) is 6.61 Å². The molecule has 0 unspecified atom stereocenters. The summed E-state index contributed by atoms with van der Waals surface area (Å²) in [7, 11) is 0. The molecular formula is C10H12O4. The van der Waals surface area contributed by atoms with Crippen molar-refractivity contribution >= 4 is 5.97 Å². The van der Waals surface area contributed by atoms with Gasteiger partial charge in [-0.3, -0.25) is 4.79 Å². The van der Waals surface area contributed by atoms with Gasteiger partial charge >= 0.3 is 5.97 Å². The normalized spacial score (nSPS) is 10.0. The first-order chi connectivity index (χ1) is 6.68. The van der Waals surface area contributed by atoms with Crippen LogP contribution in [0.15, 0.2) is 24.3 Å². The molecule has 0 saturated heterocycles. The highest BCUT2D eigenvalue weighted by atomic mass is 16.5. The molecule has 14 heavy (non-hydrogen) atoms. The Bertz CT molecular complexity index is 309. The van der Waals surface area contributed by atoms with E-state index in [1.807, 2.05) is 0 Å². The summed E-state index contributed by atoms with van der Waals surface area (Å²) in [4.78, 5) is 10.1. The van der Waals surface area contributed by atoms with E-state index in [1.54, 1.807) is 24.3 Å². The van der Waals surface area contributed by atoms with E-state index < -0.39 is 5.97 Å². The van der Waals surface area contributed by atoms with Crippen LogP contribution < -0.4 is 0 Å². The zero-order chi connectivity index (χ0) is 10.4. The molecule has 0 aromatic heterocycles. The van der Waals surface area contributed by atoms with E-state index in [-0.39, 0.29) is 18.8 Å². The summed E-state index contributed by atoms with van der Waals surface area (Å²) in [5.41, 5.74) is 0.829. The number of rotatable bonds is 5. The van der Waals surface area contributed by atoms with Crippen molar-refractivity contribution in [3.8, 4) is 5.75 Å². The Hall–Kier alpha value is -1.55. The number of ether oxygens (including phenoxy) is 1. The molecule has 0 atom stereocenters.